The summed E-state index contributed by atoms with van der Waals surface area (Å²) in [5.74, 6) is -1.88. The van der Waals surface area contributed by atoms with Gasteiger partial charge >= 0.3 is 5.97 Å². The van der Waals surface area contributed by atoms with Gasteiger partial charge in [0.1, 0.15) is 11.7 Å². The van der Waals surface area contributed by atoms with Gasteiger partial charge in [-0.3, -0.25) is 9.59 Å². The van der Waals surface area contributed by atoms with Gasteiger partial charge in [-0.1, -0.05) is 27.7 Å². The number of carboxylic acid groups (broad SMARTS) is 1. The van der Waals surface area contributed by atoms with Crippen LogP contribution in [0, 0.1) is 11.8 Å². The van der Waals surface area contributed by atoms with Crippen LogP contribution in [0.15, 0.2) is 5.38 Å². The van der Waals surface area contributed by atoms with Crippen LogP contribution in [0.3, 0.4) is 0 Å². The summed E-state index contributed by atoms with van der Waals surface area (Å²) in [6.07, 6.45) is 0.335. The number of hydrogen-bond acceptors (Lipinski definition) is 5. The molecular weight excluding hydrogens is 306 g/mol. The Hall–Kier alpha value is -1.96. The Bertz CT molecular complexity index is 554. The maximum atomic E-state index is 12.0. The summed E-state index contributed by atoms with van der Waals surface area (Å²) in [6, 6.07) is -0.956. The third-order valence-electron chi connectivity index (χ3n) is 2.80. The van der Waals surface area contributed by atoms with Crippen molar-refractivity contribution < 1.29 is 19.5 Å². The first-order valence-electron chi connectivity index (χ1n) is 7.00. The molecule has 2 amide bonds. The highest BCUT2D eigenvalue weighted by Gasteiger charge is 2.23. The third kappa shape index (κ3) is 5.44. The zero-order valence-corrected chi connectivity index (χ0v) is 13.9. The molecule has 1 unspecified atom stereocenters. The van der Waals surface area contributed by atoms with E-state index in [1.54, 1.807) is 13.8 Å². The number of rotatable bonds is 7. The fraction of sp³-hybridized carbons (Fsp3) is 0.571. The van der Waals surface area contributed by atoms with Crippen LogP contribution in [0.1, 0.15) is 44.6 Å². The second-order valence-corrected chi connectivity index (χ2v) is 6.53. The topological polar surface area (TPSA) is 108 Å². The SMILES string of the molecule is CC(C)CC(NC(=O)c1csc(NC(=O)C(C)C)n1)C(=O)O. The van der Waals surface area contributed by atoms with Gasteiger partial charge in [-0.15, -0.1) is 11.3 Å². The molecule has 0 aromatic carbocycles. The fourth-order valence-corrected chi connectivity index (χ4v) is 2.30. The monoisotopic (exact) mass is 327 g/mol. The van der Waals surface area contributed by atoms with Gasteiger partial charge in [-0.25, -0.2) is 9.78 Å². The number of carbonyl (C=O) groups excluding carboxylic acids is 2. The second-order valence-electron chi connectivity index (χ2n) is 5.68. The van der Waals surface area contributed by atoms with Crippen molar-refractivity contribution in [2.24, 2.45) is 11.8 Å². The van der Waals surface area contributed by atoms with Crippen LogP contribution in [0.25, 0.3) is 0 Å². The number of carbonyl (C=O) groups is 3. The number of carboxylic acids is 1. The molecule has 1 aromatic heterocycles. The van der Waals surface area contributed by atoms with E-state index in [1.165, 1.54) is 5.38 Å². The van der Waals surface area contributed by atoms with Gasteiger partial charge in [0.25, 0.3) is 5.91 Å². The van der Waals surface area contributed by atoms with Crippen LogP contribution in [-0.2, 0) is 9.59 Å². The zero-order chi connectivity index (χ0) is 16.9. The van der Waals surface area contributed by atoms with Crippen molar-refractivity contribution in [1.82, 2.24) is 10.3 Å². The van der Waals surface area contributed by atoms with E-state index in [0.29, 0.717) is 11.6 Å². The predicted molar refractivity (Wildman–Crippen MR) is 83.9 cm³/mol. The Morgan fingerprint density at radius 3 is 2.41 bits per heavy atom. The molecule has 22 heavy (non-hydrogen) atoms. The summed E-state index contributed by atoms with van der Waals surface area (Å²) >= 11 is 1.12. The summed E-state index contributed by atoms with van der Waals surface area (Å²) in [5.41, 5.74) is 0.0964. The van der Waals surface area contributed by atoms with Gasteiger partial charge in [0, 0.05) is 11.3 Å². The van der Waals surface area contributed by atoms with E-state index in [0.717, 1.165) is 11.3 Å². The molecule has 7 nitrogen and oxygen atoms in total. The van der Waals surface area contributed by atoms with E-state index in [-0.39, 0.29) is 23.4 Å². The molecule has 122 valence electrons. The number of aliphatic carboxylic acids is 1. The second kappa shape index (κ2) is 7.88. The Morgan fingerprint density at radius 2 is 1.91 bits per heavy atom. The quantitative estimate of drug-likeness (QED) is 0.709. The van der Waals surface area contributed by atoms with Crippen LogP contribution in [0.2, 0.25) is 0 Å². The minimum Gasteiger partial charge on any atom is -0.480 e. The molecule has 1 atom stereocenters. The maximum absolute atomic E-state index is 12.0. The number of nitrogens with one attached hydrogen (secondary N) is 2. The molecule has 8 heteroatoms. The summed E-state index contributed by atoms with van der Waals surface area (Å²) in [6.45, 7) is 7.26. The van der Waals surface area contributed by atoms with Crippen LogP contribution in [0.4, 0.5) is 5.13 Å². The average Bonchev–Trinajstić information content (AvgIpc) is 2.85. The summed E-state index contributed by atoms with van der Waals surface area (Å²) in [7, 11) is 0. The average molecular weight is 327 g/mol. The highest BCUT2D eigenvalue weighted by Crippen LogP contribution is 2.16. The van der Waals surface area contributed by atoms with Gasteiger partial charge in [0.2, 0.25) is 5.91 Å². The van der Waals surface area contributed by atoms with Crippen LogP contribution in [0.5, 0.6) is 0 Å². The first-order valence-corrected chi connectivity index (χ1v) is 7.88. The largest absolute Gasteiger partial charge is 0.480 e. The summed E-state index contributed by atoms with van der Waals surface area (Å²) in [4.78, 5) is 38.7. The molecule has 0 spiro atoms. The van der Waals surface area contributed by atoms with Crippen LogP contribution < -0.4 is 10.6 Å². The molecule has 0 aliphatic heterocycles. The van der Waals surface area contributed by atoms with Gasteiger partial charge in [-0.2, -0.15) is 0 Å². The molecule has 1 heterocycles. The lowest BCUT2D eigenvalue weighted by Crippen LogP contribution is -2.41. The standard InChI is InChI=1S/C14H21N3O4S/c1-7(2)5-9(13(20)21)15-12(19)10-6-22-14(16-10)17-11(18)8(3)4/h6-9H,5H2,1-4H3,(H,15,19)(H,20,21)(H,16,17,18). The van der Waals surface area contributed by atoms with E-state index < -0.39 is 17.9 Å². The molecule has 0 saturated carbocycles. The molecule has 0 aliphatic carbocycles. The van der Waals surface area contributed by atoms with E-state index in [1.807, 2.05) is 13.8 Å². The number of amides is 2. The molecule has 0 aliphatic rings. The normalized spacial score (nSPS) is 12.3. The van der Waals surface area contributed by atoms with Crippen molar-refractivity contribution in [3.63, 3.8) is 0 Å². The molecule has 1 rings (SSSR count). The highest BCUT2D eigenvalue weighted by atomic mass is 32.1. The van der Waals surface area contributed by atoms with Crippen molar-refractivity contribution in [1.29, 1.82) is 0 Å². The zero-order valence-electron chi connectivity index (χ0n) is 13.0. The van der Waals surface area contributed by atoms with Gasteiger partial charge in [0.05, 0.1) is 0 Å². The fourth-order valence-electron chi connectivity index (χ4n) is 1.61. The Morgan fingerprint density at radius 1 is 1.27 bits per heavy atom. The predicted octanol–water partition coefficient (Wildman–Crippen LogP) is 1.97. The number of nitrogens with zero attached hydrogens (tertiary/aromatic N) is 1. The third-order valence-corrected chi connectivity index (χ3v) is 3.56. The summed E-state index contributed by atoms with van der Waals surface area (Å²) in [5, 5.41) is 16.0. The van der Waals surface area contributed by atoms with Crippen molar-refractivity contribution in [3.05, 3.63) is 11.1 Å². The minimum absolute atomic E-state index is 0.0964. The van der Waals surface area contributed by atoms with Crippen LogP contribution >= 0.6 is 11.3 Å². The van der Waals surface area contributed by atoms with Gasteiger partial charge in [-0.05, 0) is 12.3 Å². The molecular formula is C14H21N3O4S. The Balaban J connectivity index is 2.71. The maximum Gasteiger partial charge on any atom is 0.326 e. The summed E-state index contributed by atoms with van der Waals surface area (Å²) < 4.78 is 0. The van der Waals surface area contributed by atoms with Crippen molar-refractivity contribution in [2.75, 3.05) is 5.32 Å². The van der Waals surface area contributed by atoms with Crippen molar-refractivity contribution in [2.45, 2.75) is 40.2 Å². The van der Waals surface area contributed by atoms with Gasteiger partial charge in [0.15, 0.2) is 5.13 Å². The number of anilines is 1. The lowest BCUT2D eigenvalue weighted by Gasteiger charge is -2.15. The van der Waals surface area contributed by atoms with Gasteiger partial charge < -0.3 is 15.7 Å². The first-order chi connectivity index (χ1) is 10.2. The molecule has 0 saturated heterocycles. The smallest absolute Gasteiger partial charge is 0.326 e. The van der Waals surface area contributed by atoms with E-state index in [4.69, 9.17) is 5.11 Å². The van der Waals surface area contributed by atoms with E-state index >= 15 is 0 Å². The minimum atomic E-state index is -1.08. The first kappa shape index (κ1) is 18.1. The lowest BCUT2D eigenvalue weighted by molar-refractivity contribution is -0.139. The lowest BCUT2D eigenvalue weighted by atomic mass is 10.0. The Kier molecular flexibility index (Phi) is 6.48. The number of thiazole rings is 1. The van der Waals surface area contributed by atoms with Crippen molar-refractivity contribution >= 4 is 34.3 Å². The van der Waals surface area contributed by atoms with E-state index in [2.05, 4.69) is 15.6 Å². The highest BCUT2D eigenvalue weighted by molar-refractivity contribution is 7.14. The molecule has 0 radical (unpaired) electrons. The van der Waals surface area contributed by atoms with Crippen molar-refractivity contribution in [3.8, 4) is 0 Å². The molecule has 1 aromatic rings. The molecule has 0 bridgehead atoms. The number of aromatic nitrogens is 1. The van der Waals surface area contributed by atoms with Crippen LogP contribution in [-0.4, -0.2) is 33.9 Å². The molecule has 3 N–H and O–H groups in total. The Labute approximate surface area is 133 Å². The number of hydrogen-bond donors (Lipinski definition) is 3. The van der Waals surface area contributed by atoms with E-state index in [9.17, 15) is 14.4 Å². The molecule has 0 fully saturated rings.